The van der Waals surface area contributed by atoms with Gasteiger partial charge < -0.3 is 4.74 Å². The summed E-state index contributed by atoms with van der Waals surface area (Å²) in [4.78, 5) is 0. The van der Waals surface area contributed by atoms with Gasteiger partial charge in [0.1, 0.15) is 0 Å². The Morgan fingerprint density at radius 3 is 2.67 bits per heavy atom. The van der Waals surface area contributed by atoms with Gasteiger partial charge in [0.25, 0.3) is 10.0 Å². The summed E-state index contributed by atoms with van der Waals surface area (Å²) in [6.07, 6.45) is 3.35. The first kappa shape index (κ1) is 10.6. The second kappa shape index (κ2) is 3.92. The predicted molar refractivity (Wildman–Crippen MR) is 52.7 cm³/mol. The van der Waals surface area contributed by atoms with E-state index in [0.717, 1.165) is 12.8 Å². The minimum atomic E-state index is -3.68. The number of aromatic nitrogens is 2. The molecule has 1 aromatic heterocycles. The number of hydrogen-bond donors (Lipinski definition) is 1. The molecule has 2 N–H and O–H groups in total. The Hall–Kier alpha value is -0.920. The zero-order chi connectivity index (χ0) is 10.9. The lowest BCUT2D eigenvalue weighted by Crippen LogP contribution is -2.21. The molecular weight excluding hydrogens is 218 g/mol. The Morgan fingerprint density at radius 1 is 1.47 bits per heavy atom. The molecule has 1 aromatic rings. The summed E-state index contributed by atoms with van der Waals surface area (Å²) in [7, 11) is -3.68. The fourth-order valence-electron chi connectivity index (χ4n) is 1.63. The molecule has 0 amide bonds. The van der Waals surface area contributed by atoms with Gasteiger partial charge in [-0.2, -0.15) is 5.10 Å². The van der Waals surface area contributed by atoms with Crippen LogP contribution in [0.4, 0.5) is 0 Å². The third-order valence-corrected chi connectivity index (χ3v) is 3.24. The van der Waals surface area contributed by atoms with E-state index < -0.39 is 10.0 Å². The molecule has 0 radical (unpaired) electrons. The maximum Gasteiger partial charge on any atom is 0.257 e. The first-order valence-corrected chi connectivity index (χ1v) is 6.28. The molecule has 15 heavy (non-hydrogen) atoms. The largest absolute Gasteiger partial charge is 0.381 e. The molecule has 0 bridgehead atoms. The van der Waals surface area contributed by atoms with Crippen molar-refractivity contribution in [1.82, 2.24) is 9.78 Å². The van der Waals surface area contributed by atoms with E-state index in [4.69, 9.17) is 9.88 Å². The Morgan fingerprint density at radius 2 is 2.13 bits per heavy atom. The third-order valence-electron chi connectivity index (χ3n) is 2.44. The lowest BCUT2D eigenvalue weighted by molar-refractivity contribution is 0.0659. The minimum Gasteiger partial charge on any atom is -0.381 e. The van der Waals surface area contributed by atoms with E-state index in [0.29, 0.717) is 13.2 Å². The van der Waals surface area contributed by atoms with Gasteiger partial charge in [0, 0.05) is 19.4 Å². The fraction of sp³-hybridized carbons (Fsp3) is 0.625. The number of primary sulfonamides is 1. The van der Waals surface area contributed by atoms with Crippen LogP contribution in [0.1, 0.15) is 18.9 Å². The van der Waals surface area contributed by atoms with Crippen molar-refractivity contribution < 1.29 is 13.2 Å². The van der Waals surface area contributed by atoms with Crippen molar-refractivity contribution in [1.29, 1.82) is 0 Å². The number of ether oxygens (including phenoxy) is 1. The maximum absolute atomic E-state index is 11.0. The van der Waals surface area contributed by atoms with Crippen molar-refractivity contribution in [2.24, 2.45) is 5.14 Å². The van der Waals surface area contributed by atoms with E-state index >= 15 is 0 Å². The summed E-state index contributed by atoms with van der Waals surface area (Å²) in [6.45, 7) is 1.38. The molecule has 7 heteroatoms. The van der Waals surface area contributed by atoms with E-state index in [9.17, 15) is 8.42 Å². The van der Waals surface area contributed by atoms with Crippen molar-refractivity contribution in [3.8, 4) is 0 Å². The molecule has 0 atom stereocenters. The number of rotatable bonds is 2. The first-order chi connectivity index (χ1) is 7.07. The van der Waals surface area contributed by atoms with Crippen LogP contribution >= 0.6 is 0 Å². The molecular formula is C8H13N3O3S. The van der Waals surface area contributed by atoms with E-state index in [1.54, 1.807) is 10.9 Å². The Labute approximate surface area is 88.1 Å². The van der Waals surface area contributed by atoms with Crippen molar-refractivity contribution >= 4 is 10.0 Å². The zero-order valence-corrected chi connectivity index (χ0v) is 8.98. The smallest absolute Gasteiger partial charge is 0.257 e. The summed E-state index contributed by atoms with van der Waals surface area (Å²) in [5, 5.41) is 8.85. The van der Waals surface area contributed by atoms with Crippen LogP contribution in [0.3, 0.4) is 0 Å². The molecule has 2 rings (SSSR count). The van der Waals surface area contributed by atoms with Crippen molar-refractivity contribution in [3.05, 3.63) is 12.3 Å². The number of hydrogen-bond acceptors (Lipinski definition) is 4. The van der Waals surface area contributed by atoms with Crippen LogP contribution in [-0.4, -0.2) is 31.4 Å². The molecule has 1 aliphatic rings. The molecule has 0 aromatic carbocycles. The molecule has 1 aliphatic heterocycles. The molecule has 0 aliphatic carbocycles. The van der Waals surface area contributed by atoms with Crippen LogP contribution in [0.15, 0.2) is 17.3 Å². The van der Waals surface area contributed by atoms with Gasteiger partial charge in [0.2, 0.25) is 0 Å². The molecule has 1 saturated heterocycles. The molecule has 6 nitrogen and oxygen atoms in total. The van der Waals surface area contributed by atoms with Gasteiger partial charge in [-0.1, -0.05) is 0 Å². The Kier molecular flexibility index (Phi) is 2.76. The number of nitrogens with two attached hydrogens (primary N) is 1. The van der Waals surface area contributed by atoms with Crippen LogP contribution in [0.2, 0.25) is 0 Å². The average molecular weight is 231 g/mol. The number of sulfonamides is 1. The van der Waals surface area contributed by atoms with Crippen molar-refractivity contribution in [3.63, 3.8) is 0 Å². The van der Waals surface area contributed by atoms with Gasteiger partial charge >= 0.3 is 0 Å². The summed E-state index contributed by atoms with van der Waals surface area (Å²) in [5.74, 6) is 0. The summed E-state index contributed by atoms with van der Waals surface area (Å²) in [6, 6.07) is 1.64. The quantitative estimate of drug-likeness (QED) is 0.768. The van der Waals surface area contributed by atoms with Crippen LogP contribution in [-0.2, 0) is 14.8 Å². The third kappa shape index (κ3) is 2.36. The van der Waals surface area contributed by atoms with E-state index in [-0.39, 0.29) is 11.1 Å². The van der Waals surface area contributed by atoms with Gasteiger partial charge in [-0.25, -0.2) is 13.6 Å². The van der Waals surface area contributed by atoms with Crippen LogP contribution < -0.4 is 5.14 Å². The van der Waals surface area contributed by atoms with Gasteiger partial charge in [0.15, 0.2) is 5.03 Å². The van der Waals surface area contributed by atoms with Crippen LogP contribution in [0, 0.1) is 0 Å². The second-order valence-corrected chi connectivity index (χ2v) is 5.03. The topological polar surface area (TPSA) is 87.2 Å². The molecule has 0 spiro atoms. The zero-order valence-electron chi connectivity index (χ0n) is 8.17. The van der Waals surface area contributed by atoms with Crippen molar-refractivity contribution in [2.45, 2.75) is 23.9 Å². The van der Waals surface area contributed by atoms with Crippen LogP contribution in [0.5, 0.6) is 0 Å². The maximum atomic E-state index is 11.0. The minimum absolute atomic E-state index is 0.0750. The molecule has 0 unspecified atom stereocenters. The highest BCUT2D eigenvalue weighted by Crippen LogP contribution is 2.20. The highest BCUT2D eigenvalue weighted by atomic mass is 32.2. The van der Waals surface area contributed by atoms with E-state index in [2.05, 4.69) is 5.10 Å². The summed E-state index contributed by atoms with van der Waals surface area (Å²) < 4.78 is 28.9. The lowest BCUT2D eigenvalue weighted by atomic mass is 10.1. The Balaban J connectivity index is 2.19. The summed E-state index contributed by atoms with van der Waals surface area (Å²) >= 11 is 0. The van der Waals surface area contributed by atoms with E-state index in [1.165, 1.54) is 6.07 Å². The highest BCUT2D eigenvalue weighted by molar-refractivity contribution is 7.89. The highest BCUT2D eigenvalue weighted by Gasteiger charge is 2.19. The molecule has 2 heterocycles. The van der Waals surface area contributed by atoms with Crippen LogP contribution in [0.25, 0.3) is 0 Å². The fourth-order valence-corrected chi connectivity index (χ4v) is 2.08. The predicted octanol–water partition coefficient (Wildman–Crippen LogP) is -0.118. The molecule has 84 valence electrons. The second-order valence-electron chi connectivity index (χ2n) is 3.52. The monoisotopic (exact) mass is 231 g/mol. The molecule has 1 fully saturated rings. The van der Waals surface area contributed by atoms with E-state index in [1.807, 2.05) is 0 Å². The van der Waals surface area contributed by atoms with Crippen molar-refractivity contribution in [2.75, 3.05) is 13.2 Å². The van der Waals surface area contributed by atoms with Gasteiger partial charge in [0.05, 0.1) is 6.04 Å². The molecule has 0 saturated carbocycles. The first-order valence-electron chi connectivity index (χ1n) is 4.73. The van der Waals surface area contributed by atoms with Gasteiger partial charge in [-0.05, 0) is 18.9 Å². The van der Waals surface area contributed by atoms with Gasteiger partial charge in [-0.3, -0.25) is 4.68 Å². The van der Waals surface area contributed by atoms with Gasteiger partial charge in [-0.15, -0.1) is 0 Å². The SMILES string of the molecule is NS(=O)(=O)c1ccn(C2CCOCC2)n1. The average Bonchev–Trinajstić information content (AvgIpc) is 2.67. The standard InChI is InChI=1S/C8H13N3O3S/c9-15(12,13)8-1-4-11(10-8)7-2-5-14-6-3-7/h1,4,7H,2-3,5-6H2,(H2,9,12,13). The normalized spacial score (nSPS) is 19.3. The summed E-state index contributed by atoms with van der Waals surface area (Å²) in [5.41, 5.74) is 0. The number of nitrogens with zero attached hydrogens (tertiary/aromatic N) is 2. The Bertz CT molecular complexity index is 434. The lowest BCUT2D eigenvalue weighted by Gasteiger charge is -2.22.